The van der Waals surface area contributed by atoms with Crippen molar-refractivity contribution in [3.05, 3.63) is 47.5 Å². The Morgan fingerprint density at radius 2 is 1.42 bits per heavy atom. The number of aromatic nitrogens is 2. The SMILES string of the molecule is O=C(O)/C(=C(\C(=O)O)c1ccc2nonc2c1)c1ccc2c(c1)OCO2. The lowest BCUT2D eigenvalue weighted by Gasteiger charge is -2.10. The van der Waals surface area contributed by atoms with Gasteiger partial charge in [-0.05, 0) is 45.7 Å². The van der Waals surface area contributed by atoms with Crippen LogP contribution in [0.5, 0.6) is 11.5 Å². The quantitative estimate of drug-likeness (QED) is 0.533. The van der Waals surface area contributed by atoms with Crippen LogP contribution >= 0.6 is 0 Å². The smallest absolute Gasteiger partial charge is 0.337 e. The van der Waals surface area contributed by atoms with Crippen LogP contribution in [0.1, 0.15) is 11.1 Å². The molecule has 2 N–H and O–H groups in total. The van der Waals surface area contributed by atoms with Gasteiger partial charge in [-0.15, -0.1) is 0 Å². The largest absolute Gasteiger partial charge is 0.478 e. The highest BCUT2D eigenvalue weighted by atomic mass is 16.7. The first kappa shape index (κ1) is 15.6. The number of nitrogens with zero attached hydrogens (tertiary/aromatic N) is 2. The fourth-order valence-corrected chi connectivity index (χ4v) is 2.74. The van der Waals surface area contributed by atoms with Crippen molar-refractivity contribution < 1.29 is 33.9 Å². The summed E-state index contributed by atoms with van der Waals surface area (Å²) in [4.78, 5) is 23.8. The molecule has 1 aliphatic rings. The molecule has 0 radical (unpaired) electrons. The Morgan fingerprint density at radius 1 is 0.808 bits per heavy atom. The Bertz CT molecular complexity index is 1080. The first-order valence-electron chi connectivity index (χ1n) is 7.38. The van der Waals surface area contributed by atoms with Gasteiger partial charge in [0, 0.05) is 0 Å². The summed E-state index contributed by atoms with van der Waals surface area (Å²) in [6.45, 7) is 0.0204. The van der Waals surface area contributed by atoms with E-state index in [0.29, 0.717) is 22.5 Å². The molecule has 0 saturated heterocycles. The molecule has 0 unspecified atom stereocenters. The molecule has 1 aromatic heterocycles. The van der Waals surface area contributed by atoms with Crippen LogP contribution < -0.4 is 9.47 Å². The number of benzene rings is 2. The summed E-state index contributed by atoms with van der Waals surface area (Å²) in [5.41, 5.74) is 0.316. The molecule has 130 valence electrons. The van der Waals surface area contributed by atoms with Gasteiger partial charge < -0.3 is 19.7 Å². The van der Waals surface area contributed by atoms with E-state index in [0.717, 1.165) is 0 Å². The molecule has 0 spiro atoms. The normalized spacial score (nSPS) is 13.5. The molecule has 0 saturated carbocycles. The van der Waals surface area contributed by atoms with Crippen LogP contribution in [0, 0.1) is 0 Å². The summed E-state index contributed by atoms with van der Waals surface area (Å²) in [5.74, 6) is -1.97. The summed E-state index contributed by atoms with van der Waals surface area (Å²) in [6, 6.07) is 8.80. The third-order valence-corrected chi connectivity index (χ3v) is 3.88. The van der Waals surface area contributed by atoms with Crippen LogP contribution in [0.4, 0.5) is 0 Å². The molecule has 9 nitrogen and oxygen atoms in total. The van der Waals surface area contributed by atoms with Gasteiger partial charge in [0.25, 0.3) is 0 Å². The van der Waals surface area contributed by atoms with Crippen molar-refractivity contribution in [2.75, 3.05) is 6.79 Å². The molecule has 2 aromatic carbocycles. The zero-order valence-corrected chi connectivity index (χ0v) is 13.0. The minimum atomic E-state index is -1.39. The molecule has 0 amide bonds. The third-order valence-electron chi connectivity index (χ3n) is 3.88. The molecule has 3 aromatic rings. The molecule has 2 heterocycles. The highest BCUT2D eigenvalue weighted by Crippen LogP contribution is 2.37. The van der Waals surface area contributed by atoms with E-state index in [1.54, 1.807) is 0 Å². The Hall–Kier alpha value is -3.88. The highest BCUT2D eigenvalue weighted by Gasteiger charge is 2.26. The Labute approximate surface area is 145 Å². The molecule has 1 aliphatic heterocycles. The van der Waals surface area contributed by atoms with E-state index in [1.807, 2.05) is 0 Å². The van der Waals surface area contributed by atoms with Crippen molar-refractivity contribution in [2.24, 2.45) is 0 Å². The van der Waals surface area contributed by atoms with E-state index in [1.165, 1.54) is 36.4 Å². The fourth-order valence-electron chi connectivity index (χ4n) is 2.74. The van der Waals surface area contributed by atoms with Gasteiger partial charge in [-0.3, -0.25) is 0 Å². The molecule has 0 atom stereocenters. The summed E-state index contributed by atoms with van der Waals surface area (Å²) >= 11 is 0. The molecule has 4 rings (SSSR count). The maximum Gasteiger partial charge on any atom is 0.337 e. The number of hydrogen-bond donors (Lipinski definition) is 2. The molecule has 9 heteroatoms. The zero-order chi connectivity index (χ0) is 18.3. The van der Waals surface area contributed by atoms with E-state index < -0.39 is 11.9 Å². The number of aliphatic carboxylic acids is 2. The summed E-state index contributed by atoms with van der Waals surface area (Å²) in [6.07, 6.45) is 0. The third kappa shape index (κ3) is 2.51. The van der Waals surface area contributed by atoms with Crippen LogP contribution in [0.2, 0.25) is 0 Å². The average Bonchev–Trinajstić information content (AvgIpc) is 3.26. The first-order valence-corrected chi connectivity index (χ1v) is 7.38. The van der Waals surface area contributed by atoms with Gasteiger partial charge in [0.2, 0.25) is 6.79 Å². The van der Waals surface area contributed by atoms with E-state index >= 15 is 0 Å². The molecule has 26 heavy (non-hydrogen) atoms. The van der Waals surface area contributed by atoms with Gasteiger partial charge >= 0.3 is 11.9 Å². The number of ether oxygens (including phenoxy) is 2. The highest BCUT2D eigenvalue weighted by molar-refractivity contribution is 6.36. The molecular weight excluding hydrogens is 344 g/mol. The molecule has 0 bridgehead atoms. The van der Waals surface area contributed by atoms with Gasteiger partial charge in [0.15, 0.2) is 11.5 Å². The van der Waals surface area contributed by atoms with Gasteiger partial charge in [-0.25, -0.2) is 14.2 Å². The Kier molecular flexibility index (Phi) is 3.54. The summed E-state index contributed by atoms with van der Waals surface area (Å²) in [7, 11) is 0. The first-order chi connectivity index (χ1) is 12.5. The van der Waals surface area contributed by atoms with Crippen molar-refractivity contribution >= 4 is 34.1 Å². The predicted molar refractivity (Wildman–Crippen MR) is 86.5 cm³/mol. The van der Waals surface area contributed by atoms with Gasteiger partial charge in [-0.2, -0.15) is 0 Å². The topological polar surface area (TPSA) is 132 Å². The van der Waals surface area contributed by atoms with E-state index in [2.05, 4.69) is 14.9 Å². The Morgan fingerprint density at radius 3 is 2.15 bits per heavy atom. The van der Waals surface area contributed by atoms with Gasteiger partial charge in [0.05, 0.1) is 11.1 Å². The van der Waals surface area contributed by atoms with E-state index in [-0.39, 0.29) is 29.1 Å². The zero-order valence-electron chi connectivity index (χ0n) is 13.0. The van der Waals surface area contributed by atoms with E-state index in [9.17, 15) is 19.8 Å². The van der Waals surface area contributed by atoms with Crippen molar-refractivity contribution in [2.45, 2.75) is 0 Å². The fraction of sp³-hybridized carbons (Fsp3) is 0.0588. The lowest BCUT2D eigenvalue weighted by Crippen LogP contribution is -2.10. The van der Waals surface area contributed by atoms with Crippen molar-refractivity contribution in [3.8, 4) is 11.5 Å². The van der Waals surface area contributed by atoms with Crippen LogP contribution in [0.25, 0.3) is 22.2 Å². The monoisotopic (exact) mass is 354 g/mol. The van der Waals surface area contributed by atoms with Crippen molar-refractivity contribution in [3.63, 3.8) is 0 Å². The lowest BCUT2D eigenvalue weighted by atomic mass is 9.94. The average molecular weight is 354 g/mol. The minimum absolute atomic E-state index is 0.0204. The van der Waals surface area contributed by atoms with Crippen molar-refractivity contribution in [1.82, 2.24) is 10.3 Å². The van der Waals surface area contributed by atoms with Crippen LogP contribution in [0.15, 0.2) is 41.0 Å². The second kappa shape index (κ2) is 5.88. The van der Waals surface area contributed by atoms with Gasteiger partial charge in [0.1, 0.15) is 11.0 Å². The summed E-state index contributed by atoms with van der Waals surface area (Å²) < 4.78 is 15.0. The number of fused-ring (bicyclic) bond motifs is 2. The number of carboxylic acid groups (broad SMARTS) is 2. The maximum absolute atomic E-state index is 11.9. The number of carboxylic acids is 2. The molecule has 0 fully saturated rings. The molecular formula is C17H10N2O7. The van der Waals surface area contributed by atoms with E-state index in [4.69, 9.17) is 9.47 Å². The van der Waals surface area contributed by atoms with Crippen molar-refractivity contribution in [1.29, 1.82) is 0 Å². The van der Waals surface area contributed by atoms with Crippen LogP contribution in [-0.4, -0.2) is 39.3 Å². The minimum Gasteiger partial charge on any atom is -0.478 e. The maximum atomic E-state index is 11.9. The second-order valence-corrected chi connectivity index (χ2v) is 5.40. The second-order valence-electron chi connectivity index (χ2n) is 5.40. The summed E-state index contributed by atoms with van der Waals surface area (Å²) in [5, 5.41) is 26.7. The Balaban J connectivity index is 1.95. The number of hydrogen-bond acceptors (Lipinski definition) is 7. The molecule has 0 aliphatic carbocycles. The standard InChI is InChI=1S/C17H10N2O7/c20-16(21)14(8-1-3-10-11(5-8)19-26-18-10)15(17(22)23)9-2-4-12-13(6-9)25-7-24-12/h1-6H,7H2,(H,20,21)(H,22,23)/b15-14-. The van der Waals surface area contributed by atoms with Gasteiger partial charge in [-0.1, -0.05) is 12.1 Å². The number of carbonyl (C=O) groups is 2. The number of rotatable bonds is 4. The van der Waals surface area contributed by atoms with Crippen LogP contribution in [-0.2, 0) is 9.59 Å². The predicted octanol–water partition coefficient (Wildman–Crippen LogP) is 2.03. The van der Waals surface area contributed by atoms with Crippen LogP contribution in [0.3, 0.4) is 0 Å². The lowest BCUT2D eigenvalue weighted by molar-refractivity contribution is -0.132.